The number of ether oxygens (including phenoxy) is 4. The number of carboxylic acid groups (broad SMARTS) is 1. The first kappa shape index (κ1) is 32.9. The van der Waals surface area contributed by atoms with Crippen molar-refractivity contribution in [3.05, 3.63) is 102 Å². The van der Waals surface area contributed by atoms with E-state index in [9.17, 15) is 19.0 Å². The van der Waals surface area contributed by atoms with Crippen LogP contribution in [0.4, 0.5) is 0 Å². The van der Waals surface area contributed by atoms with E-state index >= 15 is 0 Å². The smallest absolute Gasteiger partial charge is 0.472 e. The quantitative estimate of drug-likeness (QED) is 0.116. The van der Waals surface area contributed by atoms with Crippen LogP contribution in [0.5, 0.6) is 17.2 Å². The normalized spacial score (nSPS) is 18.1. The second-order valence-electron chi connectivity index (χ2n) is 9.72. The molecule has 0 fully saturated rings. The Bertz CT molecular complexity index is 1470. The van der Waals surface area contributed by atoms with Gasteiger partial charge < -0.3 is 34.7 Å². The predicted molar refractivity (Wildman–Crippen MR) is 158 cm³/mol. The SMILES string of the molecule is NC(COP(=O)(O)O[C@H]1C=CCO[C@@H]1COC(=O)CCc1ccccc1OCc1cccc(Oc2ccccc2)c1)C(=O)O. The molecule has 4 rings (SSSR count). The number of aliphatic carboxylic acids is 1. The van der Waals surface area contributed by atoms with E-state index in [4.69, 9.17) is 34.3 Å². The van der Waals surface area contributed by atoms with Crippen molar-refractivity contribution in [2.75, 3.05) is 19.8 Å². The summed E-state index contributed by atoms with van der Waals surface area (Å²) in [6.45, 7) is -0.515. The van der Waals surface area contributed by atoms with E-state index in [0.29, 0.717) is 24.5 Å². The third-order valence-corrected chi connectivity index (χ3v) is 7.32. The molecule has 3 aromatic rings. The van der Waals surface area contributed by atoms with Gasteiger partial charge >= 0.3 is 19.8 Å². The third-order valence-electron chi connectivity index (χ3n) is 6.34. The van der Waals surface area contributed by atoms with Crippen molar-refractivity contribution >= 4 is 19.8 Å². The Labute approximate surface area is 254 Å². The molecule has 0 saturated carbocycles. The van der Waals surface area contributed by atoms with Gasteiger partial charge in [-0.05, 0) is 47.9 Å². The minimum absolute atomic E-state index is 0.0452. The Kier molecular flexibility index (Phi) is 12.1. The number of para-hydroxylation sites is 2. The summed E-state index contributed by atoms with van der Waals surface area (Å²) in [5.41, 5.74) is 7.02. The maximum atomic E-state index is 12.6. The lowest BCUT2D eigenvalue weighted by molar-refractivity contribution is -0.150. The van der Waals surface area contributed by atoms with Crippen molar-refractivity contribution in [1.82, 2.24) is 0 Å². The van der Waals surface area contributed by atoms with E-state index in [1.54, 1.807) is 6.08 Å². The molecule has 4 atom stereocenters. The van der Waals surface area contributed by atoms with Gasteiger partial charge in [-0.15, -0.1) is 0 Å². The Morgan fingerprint density at radius 3 is 2.57 bits per heavy atom. The van der Waals surface area contributed by atoms with Gasteiger partial charge in [0, 0.05) is 6.42 Å². The number of phosphoric ester groups is 1. The molecular weight excluding hydrogens is 593 g/mol. The van der Waals surface area contributed by atoms with E-state index < -0.39 is 44.6 Å². The number of hydrogen-bond acceptors (Lipinski definition) is 10. The van der Waals surface area contributed by atoms with Crippen molar-refractivity contribution < 1.29 is 52.1 Å². The lowest BCUT2D eigenvalue weighted by Gasteiger charge is -2.28. The van der Waals surface area contributed by atoms with Gasteiger partial charge in [-0.1, -0.05) is 60.7 Å². The van der Waals surface area contributed by atoms with E-state index in [-0.39, 0.29) is 19.6 Å². The molecule has 13 heteroatoms. The van der Waals surface area contributed by atoms with Crippen LogP contribution in [-0.2, 0) is 45.7 Å². The summed E-state index contributed by atoms with van der Waals surface area (Å²) < 4.78 is 44.9. The third kappa shape index (κ3) is 10.6. The van der Waals surface area contributed by atoms with Crippen molar-refractivity contribution in [3.8, 4) is 17.2 Å². The van der Waals surface area contributed by atoms with Crippen LogP contribution >= 0.6 is 7.82 Å². The second-order valence-corrected chi connectivity index (χ2v) is 11.1. The van der Waals surface area contributed by atoms with E-state index in [2.05, 4.69) is 4.52 Å². The highest BCUT2D eigenvalue weighted by atomic mass is 31.2. The highest BCUT2D eigenvalue weighted by Gasteiger charge is 2.34. The van der Waals surface area contributed by atoms with Crippen LogP contribution < -0.4 is 15.2 Å². The van der Waals surface area contributed by atoms with Crippen LogP contribution in [0.1, 0.15) is 17.5 Å². The molecule has 0 radical (unpaired) electrons. The molecule has 44 heavy (non-hydrogen) atoms. The number of carbonyl (C=O) groups excluding carboxylic acids is 1. The number of aryl methyl sites for hydroxylation is 1. The number of rotatable bonds is 16. The molecule has 0 amide bonds. The molecule has 3 aromatic carbocycles. The van der Waals surface area contributed by atoms with Gasteiger partial charge in [0.2, 0.25) is 0 Å². The van der Waals surface area contributed by atoms with Crippen molar-refractivity contribution in [1.29, 1.82) is 0 Å². The average molecular weight is 628 g/mol. The molecule has 0 aliphatic carbocycles. The van der Waals surface area contributed by atoms with Gasteiger partial charge in [0.1, 0.15) is 48.7 Å². The first-order valence-corrected chi connectivity index (χ1v) is 15.3. The predicted octanol–water partition coefficient (Wildman–Crippen LogP) is 4.40. The number of esters is 1. The van der Waals surface area contributed by atoms with Crippen molar-refractivity contribution in [2.45, 2.75) is 37.7 Å². The van der Waals surface area contributed by atoms with Gasteiger partial charge in [0.25, 0.3) is 0 Å². The van der Waals surface area contributed by atoms with Gasteiger partial charge in [0.05, 0.1) is 13.2 Å². The summed E-state index contributed by atoms with van der Waals surface area (Å²) >= 11 is 0. The minimum atomic E-state index is -4.68. The molecule has 2 unspecified atom stereocenters. The van der Waals surface area contributed by atoms with Gasteiger partial charge in [-0.3, -0.25) is 18.6 Å². The molecule has 1 aliphatic rings. The fourth-order valence-corrected chi connectivity index (χ4v) is 5.01. The zero-order chi connectivity index (χ0) is 31.4. The molecule has 0 aromatic heterocycles. The first-order valence-electron chi connectivity index (χ1n) is 13.8. The number of carbonyl (C=O) groups is 2. The van der Waals surface area contributed by atoms with Gasteiger partial charge in [0.15, 0.2) is 0 Å². The van der Waals surface area contributed by atoms with E-state index in [1.165, 1.54) is 6.08 Å². The van der Waals surface area contributed by atoms with Crippen molar-refractivity contribution in [3.63, 3.8) is 0 Å². The molecule has 234 valence electrons. The standard InChI is InChI=1S/C31H34NO11P/c32-26(31(34)35)20-41-44(36,37)43-28-14-7-17-38-29(28)21-40-30(33)16-15-23-9-4-5-13-27(23)39-19-22-8-6-12-25(18-22)42-24-10-2-1-3-11-24/h1-14,18,26,28-29H,15-17,19-21,32H2,(H,34,35)(H,36,37)/t26?,28-,29+/m0/s1. The maximum absolute atomic E-state index is 12.6. The highest BCUT2D eigenvalue weighted by molar-refractivity contribution is 7.47. The largest absolute Gasteiger partial charge is 0.489 e. The zero-order valence-corrected chi connectivity index (χ0v) is 24.6. The summed E-state index contributed by atoms with van der Waals surface area (Å²) in [5, 5.41) is 8.81. The molecular formula is C31H34NO11P. The van der Waals surface area contributed by atoms with Crippen LogP contribution in [0.15, 0.2) is 91.0 Å². The summed E-state index contributed by atoms with van der Waals surface area (Å²) in [4.78, 5) is 33.4. The number of benzene rings is 3. The Hall–Kier alpha value is -4.03. The van der Waals surface area contributed by atoms with Crippen LogP contribution in [0, 0.1) is 0 Å². The van der Waals surface area contributed by atoms with Crippen LogP contribution in [-0.4, -0.2) is 60.0 Å². The lowest BCUT2D eigenvalue weighted by atomic mass is 10.1. The number of nitrogens with two attached hydrogens (primary N) is 1. The number of hydrogen-bond donors (Lipinski definition) is 3. The molecule has 0 saturated heterocycles. The summed E-state index contributed by atoms with van der Waals surface area (Å²) in [7, 11) is -4.68. The number of phosphoric acid groups is 1. The summed E-state index contributed by atoms with van der Waals surface area (Å²) in [5.74, 6) is 0.140. The van der Waals surface area contributed by atoms with Crippen LogP contribution in [0.3, 0.4) is 0 Å². The van der Waals surface area contributed by atoms with Crippen molar-refractivity contribution in [2.24, 2.45) is 5.73 Å². The zero-order valence-electron chi connectivity index (χ0n) is 23.7. The van der Waals surface area contributed by atoms with Crippen LogP contribution in [0.25, 0.3) is 0 Å². The Balaban J connectivity index is 1.25. The fraction of sp³-hybridized carbons (Fsp3) is 0.290. The molecule has 1 aliphatic heterocycles. The highest BCUT2D eigenvalue weighted by Crippen LogP contribution is 2.45. The topological polar surface area (TPSA) is 173 Å². The van der Waals surface area contributed by atoms with E-state index in [0.717, 1.165) is 16.9 Å². The summed E-state index contributed by atoms with van der Waals surface area (Å²) in [6, 6.07) is 23.0. The van der Waals surface area contributed by atoms with Crippen LogP contribution in [0.2, 0.25) is 0 Å². The average Bonchev–Trinajstić information content (AvgIpc) is 3.02. The molecule has 1 heterocycles. The molecule has 0 spiro atoms. The monoisotopic (exact) mass is 627 g/mol. The molecule has 12 nitrogen and oxygen atoms in total. The number of carboxylic acids is 1. The fourth-order valence-electron chi connectivity index (χ4n) is 4.08. The molecule has 0 bridgehead atoms. The maximum Gasteiger partial charge on any atom is 0.472 e. The lowest BCUT2D eigenvalue weighted by Crippen LogP contribution is -2.38. The Morgan fingerprint density at radius 1 is 1.02 bits per heavy atom. The minimum Gasteiger partial charge on any atom is -0.489 e. The Morgan fingerprint density at radius 2 is 1.77 bits per heavy atom. The first-order chi connectivity index (χ1) is 21.2. The second kappa shape index (κ2) is 16.2. The van der Waals surface area contributed by atoms with Gasteiger partial charge in [-0.2, -0.15) is 0 Å². The van der Waals surface area contributed by atoms with E-state index in [1.807, 2.05) is 78.9 Å². The van der Waals surface area contributed by atoms with Gasteiger partial charge in [-0.25, -0.2) is 4.57 Å². The molecule has 4 N–H and O–H groups in total. The summed E-state index contributed by atoms with van der Waals surface area (Å²) in [6.07, 6.45) is 1.46.